The highest BCUT2D eigenvalue weighted by Crippen LogP contribution is 2.40. The summed E-state index contributed by atoms with van der Waals surface area (Å²) in [5.74, 6) is -1.27. The van der Waals surface area contributed by atoms with Gasteiger partial charge in [-0.3, -0.25) is 0 Å². The molecule has 1 saturated carbocycles. The van der Waals surface area contributed by atoms with Gasteiger partial charge in [-0.15, -0.1) is 0 Å². The van der Waals surface area contributed by atoms with E-state index in [0.29, 0.717) is 33.6 Å². The zero-order valence-corrected chi connectivity index (χ0v) is 12.7. The van der Waals surface area contributed by atoms with Crippen molar-refractivity contribution in [2.24, 2.45) is 5.92 Å². The average Bonchev–Trinajstić information content (AvgIpc) is 2.33. The molecule has 1 N–H and O–H groups in total. The topological polar surface area (TPSA) is 12.0 Å². The molecule has 7 heteroatoms. The standard InChI is InChI=1S/C13H13Cl3F3N/c14-8-5-10(15)12(11(16)6-8)20-9-3-1-2-7(4-9)13(17,18)19/h5-7,9,20H,1-4H2. The Morgan fingerprint density at radius 2 is 1.65 bits per heavy atom. The molecule has 0 aromatic heterocycles. The van der Waals surface area contributed by atoms with E-state index >= 15 is 0 Å². The van der Waals surface area contributed by atoms with Gasteiger partial charge in [0.05, 0.1) is 21.7 Å². The van der Waals surface area contributed by atoms with E-state index in [-0.39, 0.29) is 18.9 Å². The van der Waals surface area contributed by atoms with Crippen LogP contribution >= 0.6 is 34.8 Å². The van der Waals surface area contributed by atoms with Crippen molar-refractivity contribution >= 4 is 40.5 Å². The second-order valence-corrected chi connectivity index (χ2v) is 6.24. The summed E-state index contributed by atoms with van der Waals surface area (Å²) in [5.41, 5.74) is 0.450. The molecular weight excluding hydrogens is 334 g/mol. The lowest BCUT2D eigenvalue weighted by Crippen LogP contribution is -2.34. The largest absolute Gasteiger partial charge is 0.391 e. The lowest BCUT2D eigenvalue weighted by molar-refractivity contribution is -0.182. The highest BCUT2D eigenvalue weighted by molar-refractivity contribution is 6.41. The minimum atomic E-state index is -4.14. The van der Waals surface area contributed by atoms with Crippen LogP contribution in [0.2, 0.25) is 15.1 Å². The second kappa shape index (κ2) is 6.20. The molecule has 0 aliphatic heterocycles. The van der Waals surface area contributed by atoms with E-state index in [1.807, 2.05) is 0 Å². The molecule has 0 bridgehead atoms. The van der Waals surface area contributed by atoms with Crippen LogP contribution in [0.15, 0.2) is 12.1 Å². The fraction of sp³-hybridized carbons (Fsp3) is 0.538. The van der Waals surface area contributed by atoms with Crippen LogP contribution in [0.5, 0.6) is 0 Å². The minimum Gasteiger partial charge on any atom is -0.380 e. The molecule has 1 nitrogen and oxygen atoms in total. The Kier molecular flexibility index (Phi) is 4.98. The zero-order chi connectivity index (χ0) is 14.9. The monoisotopic (exact) mass is 345 g/mol. The van der Waals surface area contributed by atoms with Gasteiger partial charge in [0.25, 0.3) is 0 Å². The molecule has 2 unspecified atom stereocenters. The van der Waals surface area contributed by atoms with Crippen molar-refractivity contribution in [3.8, 4) is 0 Å². The summed E-state index contributed by atoms with van der Waals surface area (Å²) in [4.78, 5) is 0. The molecule has 2 atom stereocenters. The highest BCUT2D eigenvalue weighted by Gasteiger charge is 2.42. The van der Waals surface area contributed by atoms with Gasteiger partial charge in [-0.1, -0.05) is 41.2 Å². The van der Waals surface area contributed by atoms with Crippen LogP contribution in [0.4, 0.5) is 18.9 Å². The summed E-state index contributed by atoms with van der Waals surface area (Å²) >= 11 is 17.9. The van der Waals surface area contributed by atoms with Crippen LogP contribution in [-0.4, -0.2) is 12.2 Å². The zero-order valence-electron chi connectivity index (χ0n) is 10.4. The van der Waals surface area contributed by atoms with Gasteiger partial charge >= 0.3 is 6.18 Å². The van der Waals surface area contributed by atoms with Gasteiger partial charge in [0.2, 0.25) is 0 Å². The maximum atomic E-state index is 12.8. The quantitative estimate of drug-likeness (QED) is 0.674. The molecule has 112 valence electrons. The molecule has 1 aliphatic carbocycles. The third kappa shape index (κ3) is 3.86. The Morgan fingerprint density at radius 3 is 2.20 bits per heavy atom. The van der Waals surface area contributed by atoms with Crippen molar-refractivity contribution in [1.29, 1.82) is 0 Å². The van der Waals surface area contributed by atoms with Gasteiger partial charge < -0.3 is 5.32 Å². The molecule has 1 aromatic rings. The van der Waals surface area contributed by atoms with Crippen molar-refractivity contribution in [2.75, 3.05) is 5.32 Å². The number of hydrogen-bond acceptors (Lipinski definition) is 1. The second-order valence-electron chi connectivity index (χ2n) is 4.99. The summed E-state index contributed by atoms with van der Waals surface area (Å²) in [6.07, 6.45) is -2.72. The lowest BCUT2D eigenvalue weighted by Gasteiger charge is -2.32. The molecule has 0 heterocycles. The Hall–Kier alpha value is -0.320. The number of halogens is 6. The van der Waals surface area contributed by atoms with Crippen LogP contribution < -0.4 is 5.32 Å². The summed E-state index contributed by atoms with van der Waals surface area (Å²) in [5, 5.41) is 4.05. The Balaban J connectivity index is 2.11. The molecule has 1 aliphatic rings. The SMILES string of the molecule is FC(F)(F)C1CCCC(Nc2c(Cl)cc(Cl)cc2Cl)C1. The predicted octanol–water partition coefficient (Wildman–Crippen LogP) is 6.18. The maximum absolute atomic E-state index is 12.8. The van der Waals surface area contributed by atoms with Crippen molar-refractivity contribution < 1.29 is 13.2 Å². The van der Waals surface area contributed by atoms with Crippen molar-refractivity contribution in [1.82, 2.24) is 0 Å². The Labute approximate surface area is 130 Å². The molecule has 0 saturated heterocycles. The van der Waals surface area contributed by atoms with Gasteiger partial charge in [0.15, 0.2) is 0 Å². The van der Waals surface area contributed by atoms with Crippen LogP contribution in [0.1, 0.15) is 25.7 Å². The van der Waals surface area contributed by atoms with Gasteiger partial charge in [0.1, 0.15) is 0 Å². The van der Waals surface area contributed by atoms with Gasteiger partial charge in [0, 0.05) is 11.1 Å². The van der Waals surface area contributed by atoms with Crippen molar-refractivity contribution in [3.63, 3.8) is 0 Å². The molecule has 0 radical (unpaired) electrons. The first kappa shape index (κ1) is 16.1. The molecule has 1 aromatic carbocycles. The summed E-state index contributed by atoms with van der Waals surface area (Å²) in [6.45, 7) is 0. The summed E-state index contributed by atoms with van der Waals surface area (Å²) in [6, 6.07) is 2.74. The Bertz CT molecular complexity index is 467. The number of anilines is 1. The van der Waals surface area contributed by atoms with Gasteiger partial charge in [-0.05, 0) is 31.4 Å². The van der Waals surface area contributed by atoms with Crippen LogP contribution in [0, 0.1) is 5.92 Å². The molecule has 0 spiro atoms. The number of nitrogens with one attached hydrogen (secondary N) is 1. The summed E-state index contributed by atoms with van der Waals surface area (Å²) < 4.78 is 38.3. The van der Waals surface area contributed by atoms with Crippen LogP contribution in [-0.2, 0) is 0 Å². The first-order valence-electron chi connectivity index (χ1n) is 6.25. The first-order valence-corrected chi connectivity index (χ1v) is 7.38. The van der Waals surface area contributed by atoms with E-state index < -0.39 is 12.1 Å². The number of alkyl halides is 3. The van der Waals surface area contributed by atoms with E-state index in [2.05, 4.69) is 5.32 Å². The molecular formula is C13H13Cl3F3N. The predicted molar refractivity (Wildman–Crippen MR) is 76.9 cm³/mol. The number of rotatable bonds is 2. The summed E-state index contributed by atoms with van der Waals surface area (Å²) in [7, 11) is 0. The van der Waals surface area contributed by atoms with Crippen LogP contribution in [0.25, 0.3) is 0 Å². The first-order chi connectivity index (χ1) is 9.27. The number of benzene rings is 1. The minimum absolute atomic E-state index is 0.0405. The van der Waals surface area contributed by atoms with Gasteiger partial charge in [-0.25, -0.2) is 0 Å². The maximum Gasteiger partial charge on any atom is 0.391 e. The smallest absolute Gasteiger partial charge is 0.380 e. The van der Waals surface area contributed by atoms with E-state index in [4.69, 9.17) is 34.8 Å². The Morgan fingerprint density at radius 1 is 1.05 bits per heavy atom. The van der Waals surface area contributed by atoms with Gasteiger partial charge in [-0.2, -0.15) is 13.2 Å². The third-order valence-corrected chi connectivity index (χ3v) is 4.31. The van der Waals surface area contributed by atoms with Crippen molar-refractivity contribution in [2.45, 2.75) is 37.9 Å². The molecule has 1 fully saturated rings. The van der Waals surface area contributed by atoms with E-state index in [0.717, 1.165) is 0 Å². The third-order valence-electron chi connectivity index (χ3n) is 3.49. The number of hydrogen-bond donors (Lipinski definition) is 1. The lowest BCUT2D eigenvalue weighted by atomic mass is 9.85. The van der Waals surface area contributed by atoms with E-state index in [1.165, 1.54) is 12.1 Å². The van der Waals surface area contributed by atoms with E-state index in [9.17, 15) is 13.2 Å². The molecule has 20 heavy (non-hydrogen) atoms. The van der Waals surface area contributed by atoms with Crippen molar-refractivity contribution in [3.05, 3.63) is 27.2 Å². The fourth-order valence-electron chi connectivity index (χ4n) is 2.50. The van der Waals surface area contributed by atoms with E-state index in [1.54, 1.807) is 0 Å². The molecule has 0 amide bonds. The average molecular weight is 347 g/mol. The highest BCUT2D eigenvalue weighted by atomic mass is 35.5. The normalized spacial score (nSPS) is 23.7. The molecule has 2 rings (SSSR count). The fourth-order valence-corrected chi connectivity index (χ4v) is 3.43. The van der Waals surface area contributed by atoms with Crippen LogP contribution in [0.3, 0.4) is 0 Å².